The van der Waals surface area contributed by atoms with E-state index < -0.39 is 41.3 Å². The first kappa shape index (κ1) is 58.5. The molecule has 0 bridgehead atoms. The third-order valence-electron chi connectivity index (χ3n) is 13.6. The van der Waals surface area contributed by atoms with Gasteiger partial charge in [0.2, 0.25) is 18.5 Å². The maximum atomic E-state index is 14.6. The maximum absolute atomic E-state index is 14.6. The fourth-order valence-corrected chi connectivity index (χ4v) is 9.07. The molecule has 5 rings (SSSR count). The summed E-state index contributed by atoms with van der Waals surface area (Å²) in [5.41, 5.74) is 1.97. The van der Waals surface area contributed by atoms with Crippen molar-refractivity contribution in [2.45, 2.75) is 118 Å². The lowest BCUT2D eigenvalue weighted by atomic mass is 9.87. The van der Waals surface area contributed by atoms with Gasteiger partial charge in [0.1, 0.15) is 25.3 Å². The number of quaternary nitrogens is 1. The van der Waals surface area contributed by atoms with Gasteiger partial charge in [-0.15, -0.1) is 5.10 Å². The first-order chi connectivity index (χ1) is 35.1. The molecule has 4 atom stereocenters. The Labute approximate surface area is 431 Å². The second kappa shape index (κ2) is 30.1. The quantitative estimate of drug-likeness (QED) is 0.0495. The molecule has 1 aliphatic carbocycles. The highest BCUT2D eigenvalue weighted by molar-refractivity contribution is 5.97. The minimum atomic E-state index is -0.920. The number of morpholine rings is 1. The summed E-state index contributed by atoms with van der Waals surface area (Å²) < 4.78 is 29.1. The van der Waals surface area contributed by atoms with E-state index in [1.165, 1.54) is 0 Å². The number of ether oxygens (including phenoxy) is 5. The van der Waals surface area contributed by atoms with Crippen molar-refractivity contribution in [2.24, 2.45) is 29.1 Å². The largest absolute Gasteiger partial charge is 0.411 e. The average molecular weight is 1020 g/mol. The van der Waals surface area contributed by atoms with Crippen molar-refractivity contribution in [3.8, 4) is 0 Å². The normalized spacial score (nSPS) is 16.5. The van der Waals surface area contributed by atoms with E-state index >= 15 is 0 Å². The summed E-state index contributed by atoms with van der Waals surface area (Å²) >= 11 is 0. The lowest BCUT2D eigenvalue weighted by Gasteiger charge is -2.39. The molecule has 18 nitrogen and oxygen atoms in total. The Kier molecular flexibility index (Phi) is 24.1. The van der Waals surface area contributed by atoms with Crippen LogP contribution in [0.4, 0.5) is 4.79 Å². The Morgan fingerprint density at radius 1 is 0.767 bits per heavy atom. The van der Waals surface area contributed by atoms with E-state index in [9.17, 15) is 28.8 Å². The van der Waals surface area contributed by atoms with Gasteiger partial charge in [0, 0.05) is 37.2 Å². The molecule has 0 radical (unpaired) electrons. The number of Topliss-reactive ketones (excluding diaryl/α,β-unsaturated/α-hetero) is 3. The molecule has 73 heavy (non-hydrogen) atoms. The van der Waals surface area contributed by atoms with Gasteiger partial charge in [-0.1, -0.05) is 100 Å². The second-order valence-electron chi connectivity index (χ2n) is 21.0. The molecule has 1 saturated carbocycles. The molecule has 1 saturated heterocycles. The standard InChI is InChI=1S/C55H81N7O11/c1-40(2)31-48(50(64)35-45(33-43-15-11-8-12-16-43)53(67)58-49(32-41(3)4)51(65)55(5)19-20-55)57-52(66)44(18-17-42-13-9-7-10-14-42)34-47(63)38-62(22-25-71-26-23-62)39-73-54(68)56-36-46-37-61(60-59-46)21-24-70-29-30-72-28-27-69-6/h7-16,37,40-41,44-45,48-49H,17-36,38-39H2,1-6H3,(H2-,56,57,58,66,67,68)/p+1/t44-,45-,48+,49+/m1/s1. The van der Waals surface area contributed by atoms with Crippen molar-refractivity contribution >= 4 is 35.3 Å². The van der Waals surface area contributed by atoms with Crippen LogP contribution in [0.15, 0.2) is 66.9 Å². The zero-order valence-electron chi connectivity index (χ0n) is 44.2. The predicted molar refractivity (Wildman–Crippen MR) is 274 cm³/mol. The van der Waals surface area contributed by atoms with Gasteiger partial charge in [0.25, 0.3) is 0 Å². The van der Waals surface area contributed by atoms with Gasteiger partial charge in [-0.25, -0.2) is 9.48 Å². The summed E-state index contributed by atoms with van der Waals surface area (Å²) in [6.45, 7) is 14.3. The Hall–Kier alpha value is -5.40. The van der Waals surface area contributed by atoms with Crippen molar-refractivity contribution in [2.75, 3.05) is 79.7 Å². The van der Waals surface area contributed by atoms with E-state index in [0.717, 1.165) is 24.0 Å². The first-order valence-corrected chi connectivity index (χ1v) is 26.2. The first-order valence-electron chi connectivity index (χ1n) is 26.2. The maximum Gasteiger partial charge on any atom is 0.411 e. The van der Waals surface area contributed by atoms with Crippen molar-refractivity contribution < 1.29 is 56.9 Å². The summed E-state index contributed by atoms with van der Waals surface area (Å²) in [6, 6.07) is 17.6. The van der Waals surface area contributed by atoms with Gasteiger partial charge >= 0.3 is 6.09 Å². The number of aryl methyl sites for hydroxylation is 1. The molecule has 1 aliphatic heterocycles. The number of nitrogens with one attached hydrogen (secondary N) is 3. The van der Waals surface area contributed by atoms with Gasteiger partial charge in [-0.2, -0.15) is 0 Å². The minimum Gasteiger partial charge on any atom is -0.399 e. The summed E-state index contributed by atoms with van der Waals surface area (Å²) in [5.74, 6) is -2.62. The topological polar surface area (TPSA) is 215 Å². The van der Waals surface area contributed by atoms with Crippen molar-refractivity contribution in [3.63, 3.8) is 0 Å². The zero-order chi connectivity index (χ0) is 52.6. The highest BCUT2D eigenvalue weighted by Crippen LogP contribution is 2.47. The summed E-state index contributed by atoms with van der Waals surface area (Å²) in [5, 5.41) is 17.1. The van der Waals surface area contributed by atoms with Crippen LogP contribution in [-0.2, 0) is 73.6 Å². The number of nitrogens with zero attached hydrogens (tertiary/aromatic N) is 4. The molecule has 2 aromatic carbocycles. The number of carbonyl (C=O) groups is 6. The fourth-order valence-electron chi connectivity index (χ4n) is 9.07. The Morgan fingerprint density at radius 3 is 2.01 bits per heavy atom. The minimum absolute atomic E-state index is 0.00548. The number of aromatic nitrogens is 3. The van der Waals surface area contributed by atoms with Crippen LogP contribution < -0.4 is 16.0 Å². The molecule has 2 fully saturated rings. The molecule has 3 N–H and O–H groups in total. The SMILES string of the molecule is COCCOCCOCCn1cc(CNC(=O)OC[N+]2(CC(=O)C[C@@H](CCc3ccccc3)C(=O)N[C@@H](CC(C)C)C(=O)C[C@@H](Cc3ccccc3)C(=O)N[C@@H](CC(C)C)C(=O)C3(C)CC3)CCOCC2)nn1. The smallest absolute Gasteiger partial charge is 0.399 e. The van der Waals surface area contributed by atoms with E-state index in [-0.39, 0.29) is 78.7 Å². The molecule has 2 aliphatic rings. The van der Waals surface area contributed by atoms with Crippen molar-refractivity contribution in [1.29, 1.82) is 0 Å². The highest BCUT2D eigenvalue weighted by Gasteiger charge is 2.48. The Morgan fingerprint density at radius 2 is 1.37 bits per heavy atom. The van der Waals surface area contributed by atoms with Gasteiger partial charge in [0.15, 0.2) is 17.3 Å². The number of benzene rings is 2. The van der Waals surface area contributed by atoms with Crippen LogP contribution in [0.1, 0.15) is 96.4 Å². The van der Waals surface area contributed by atoms with Crippen molar-refractivity contribution in [3.05, 3.63) is 83.7 Å². The zero-order valence-corrected chi connectivity index (χ0v) is 44.2. The van der Waals surface area contributed by atoms with Crippen LogP contribution in [0.25, 0.3) is 0 Å². The summed E-state index contributed by atoms with van der Waals surface area (Å²) in [6.07, 6.45) is 4.34. The molecule has 2 heterocycles. The third kappa shape index (κ3) is 20.8. The van der Waals surface area contributed by atoms with E-state index in [2.05, 4.69) is 26.3 Å². The Bertz CT molecular complexity index is 2180. The number of carbonyl (C=O) groups excluding carboxylic acids is 6. The number of hydrogen-bond acceptors (Lipinski definition) is 13. The average Bonchev–Trinajstić information content (AvgIpc) is 3.96. The molecule has 0 spiro atoms. The molecule has 0 unspecified atom stereocenters. The number of hydrogen-bond donors (Lipinski definition) is 3. The number of methoxy groups -OCH3 is 1. The fraction of sp³-hybridized carbons (Fsp3) is 0.636. The predicted octanol–water partition coefficient (Wildman–Crippen LogP) is 5.45. The van der Waals surface area contributed by atoms with Crippen LogP contribution in [0.5, 0.6) is 0 Å². The van der Waals surface area contributed by atoms with Gasteiger partial charge in [-0.3, -0.25) is 28.5 Å². The summed E-state index contributed by atoms with van der Waals surface area (Å²) in [7, 11) is 1.62. The molecule has 3 amide bonds. The molecular weight excluding hydrogens is 935 g/mol. The van der Waals surface area contributed by atoms with Crippen LogP contribution in [0.3, 0.4) is 0 Å². The lowest BCUT2D eigenvalue weighted by Crippen LogP contribution is -2.59. The third-order valence-corrected chi connectivity index (χ3v) is 13.6. The second-order valence-corrected chi connectivity index (χ2v) is 21.0. The molecular formula is C55H82N7O11+. The van der Waals surface area contributed by atoms with E-state index in [1.807, 2.05) is 95.3 Å². The van der Waals surface area contributed by atoms with Gasteiger partial charge < -0.3 is 39.6 Å². The number of amides is 3. The van der Waals surface area contributed by atoms with Crippen LogP contribution in [0.2, 0.25) is 0 Å². The van der Waals surface area contributed by atoms with E-state index in [4.69, 9.17) is 23.7 Å². The van der Waals surface area contributed by atoms with Crippen LogP contribution in [-0.4, -0.2) is 147 Å². The number of rotatable bonds is 35. The van der Waals surface area contributed by atoms with Crippen LogP contribution >= 0.6 is 0 Å². The lowest BCUT2D eigenvalue weighted by molar-refractivity contribution is -0.943. The molecule has 3 aromatic rings. The monoisotopic (exact) mass is 1020 g/mol. The number of alkyl carbamates (subject to hydrolysis) is 1. The van der Waals surface area contributed by atoms with Gasteiger partial charge in [-0.05, 0) is 67.9 Å². The highest BCUT2D eigenvalue weighted by atomic mass is 16.6. The molecule has 18 heteroatoms. The van der Waals surface area contributed by atoms with Crippen molar-refractivity contribution in [1.82, 2.24) is 30.9 Å². The Balaban J connectivity index is 1.23. The van der Waals surface area contributed by atoms with E-state index in [1.54, 1.807) is 18.0 Å². The molecule has 1 aromatic heterocycles. The van der Waals surface area contributed by atoms with Gasteiger partial charge in [0.05, 0.1) is 77.6 Å². The van der Waals surface area contributed by atoms with Crippen LogP contribution in [0, 0.1) is 29.1 Å². The van der Waals surface area contributed by atoms with E-state index in [0.29, 0.717) is 97.3 Å². The summed E-state index contributed by atoms with van der Waals surface area (Å²) in [4.78, 5) is 84.3. The molecule has 402 valence electrons. The number of ketones is 3.